The zero-order chi connectivity index (χ0) is 17.8. The average molecular weight is 377 g/mol. The van der Waals surface area contributed by atoms with E-state index in [4.69, 9.17) is 30.2 Å². The monoisotopic (exact) mass is 376 g/mol. The largest absolute Gasteiger partial charge is 0.473 e. The van der Waals surface area contributed by atoms with Gasteiger partial charge in [0.15, 0.2) is 0 Å². The van der Waals surface area contributed by atoms with Crippen molar-refractivity contribution in [1.82, 2.24) is 15.0 Å². The van der Waals surface area contributed by atoms with E-state index in [9.17, 15) is 0 Å². The Morgan fingerprint density at radius 2 is 2.23 bits per heavy atom. The maximum absolute atomic E-state index is 6.09. The number of nitrogens with one attached hydrogen (secondary N) is 1. The zero-order valence-corrected chi connectivity index (χ0v) is 14.6. The Kier molecular flexibility index (Phi) is 5.14. The number of furan rings is 1. The summed E-state index contributed by atoms with van der Waals surface area (Å²) in [4.78, 5) is 12.8. The summed E-state index contributed by atoms with van der Waals surface area (Å²) in [7, 11) is 0. The van der Waals surface area contributed by atoms with Crippen LogP contribution < -0.4 is 10.1 Å². The highest BCUT2D eigenvalue weighted by Gasteiger charge is 2.18. The van der Waals surface area contributed by atoms with Crippen molar-refractivity contribution in [3.05, 3.63) is 41.7 Å². The van der Waals surface area contributed by atoms with Crippen LogP contribution in [0.4, 0.5) is 5.82 Å². The first-order chi connectivity index (χ1) is 12.8. The molecule has 26 heavy (non-hydrogen) atoms. The molecule has 1 unspecified atom stereocenters. The predicted molar refractivity (Wildman–Crippen MR) is 94.4 cm³/mol. The van der Waals surface area contributed by atoms with E-state index in [1.54, 1.807) is 12.5 Å². The van der Waals surface area contributed by atoms with Gasteiger partial charge in [-0.05, 0) is 29.8 Å². The fraction of sp³-hybridized carbons (Fsp3) is 0.353. The van der Waals surface area contributed by atoms with Crippen LogP contribution in [0.3, 0.4) is 0 Å². The zero-order valence-electron chi connectivity index (χ0n) is 13.9. The summed E-state index contributed by atoms with van der Waals surface area (Å²) >= 11 is 6.09. The Morgan fingerprint density at radius 1 is 1.27 bits per heavy atom. The molecule has 1 saturated heterocycles. The molecule has 1 N–H and O–H groups in total. The van der Waals surface area contributed by atoms with E-state index >= 15 is 0 Å². The molecular formula is C17H17ClN4O4. The van der Waals surface area contributed by atoms with Gasteiger partial charge in [-0.25, -0.2) is 15.0 Å². The minimum absolute atomic E-state index is 0.106. The van der Waals surface area contributed by atoms with Crippen LogP contribution in [0.25, 0.3) is 10.9 Å². The van der Waals surface area contributed by atoms with Gasteiger partial charge in [0.25, 0.3) is 0 Å². The topological polar surface area (TPSA) is 91.5 Å². The Bertz CT molecular complexity index is 869. The van der Waals surface area contributed by atoms with Gasteiger partial charge in [-0.2, -0.15) is 0 Å². The molecule has 1 aliphatic rings. The molecule has 0 spiro atoms. The van der Waals surface area contributed by atoms with Crippen LogP contribution in [0.2, 0.25) is 5.28 Å². The third-order valence-electron chi connectivity index (χ3n) is 3.86. The molecule has 9 heteroatoms. The second kappa shape index (κ2) is 7.86. The molecule has 0 bridgehead atoms. The van der Waals surface area contributed by atoms with E-state index in [0.717, 1.165) is 11.1 Å². The van der Waals surface area contributed by atoms with E-state index in [-0.39, 0.29) is 11.4 Å². The molecular weight excluding hydrogens is 360 g/mol. The van der Waals surface area contributed by atoms with Crippen molar-refractivity contribution in [2.45, 2.75) is 12.6 Å². The smallest absolute Gasteiger partial charge is 0.240 e. The molecule has 4 heterocycles. The SMILES string of the molecule is Clc1nc(NCc2ccco2)c2ccnc(OCC3COCCO3)c2n1. The lowest BCUT2D eigenvalue weighted by Gasteiger charge is -2.22. The fourth-order valence-electron chi connectivity index (χ4n) is 2.63. The summed E-state index contributed by atoms with van der Waals surface area (Å²) in [6, 6.07) is 5.51. The number of aromatic nitrogens is 3. The van der Waals surface area contributed by atoms with Crippen molar-refractivity contribution in [2.24, 2.45) is 0 Å². The van der Waals surface area contributed by atoms with Crippen molar-refractivity contribution in [2.75, 3.05) is 31.7 Å². The van der Waals surface area contributed by atoms with Gasteiger partial charge in [0.2, 0.25) is 11.2 Å². The van der Waals surface area contributed by atoms with E-state index in [1.165, 1.54) is 0 Å². The highest BCUT2D eigenvalue weighted by atomic mass is 35.5. The number of hydrogen-bond donors (Lipinski definition) is 1. The molecule has 1 aliphatic heterocycles. The number of hydrogen-bond acceptors (Lipinski definition) is 8. The van der Waals surface area contributed by atoms with Gasteiger partial charge < -0.3 is 23.9 Å². The molecule has 0 amide bonds. The van der Waals surface area contributed by atoms with Gasteiger partial charge in [0.05, 0.1) is 32.6 Å². The number of fused-ring (bicyclic) bond motifs is 1. The van der Waals surface area contributed by atoms with E-state index in [2.05, 4.69) is 20.3 Å². The molecule has 0 saturated carbocycles. The number of nitrogens with zero attached hydrogens (tertiary/aromatic N) is 3. The first-order valence-corrected chi connectivity index (χ1v) is 8.58. The number of anilines is 1. The summed E-state index contributed by atoms with van der Waals surface area (Å²) in [5.41, 5.74) is 0.533. The van der Waals surface area contributed by atoms with Crippen molar-refractivity contribution in [1.29, 1.82) is 0 Å². The normalized spacial score (nSPS) is 17.3. The summed E-state index contributed by atoms with van der Waals surface area (Å²) in [5, 5.41) is 4.07. The van der Waals surface area contributed by atoms with Crippen LogP contribution in [0.15, 0.2) is 35.1 Å². The highest BCUT2D eigenvalue weighted by molar-refractivity contribution is 6.28. The molecule has 1 atom stereocenters. The van der Waals surface area contributed by atoms with Gasteiger partial charge in [-0.1, -0.05) is 0 Å². The van der Waals surface area contributed by atoms with Crippen molar-refractivity contribution >= 4 is 28.3 Å². The number of halogens is 1. The summed E-state index contributed by atoms with van der Waals surface area (Å²) < 4.78 is 22.1. The molecule has 136 valence electrons. The lowest BCUT2D eigenvalue weighted by Crippen LogP contribution is -2.33. The number of rotatable bonds is 6. The maximum Gasteiger partial charge on any atom is 0.240 e. The van der Waals surface area contributed by atoms with Crippen LogP contribution in [0.5, 0.6) is 5.88 Å². The molecule has 1 fully saturated rings. The van der Waals surface area contributed by atoms with Crippen LogP contribution >= 0.6 is 11.6 Å². The Hall–Kier alpha value is -2.42. The highest BCUT2D eigenvalue weighted by Crippen LogP contribution is 2.28. The van der Waals surface area contributed by atoms with E-state index < -0.39 is 0 Å². The summed E-state index contributed by atoms with van der Waals surface area (Å²) in [6.07, 6.45) is 3.13. The second-order valence-corrected chi connectivity index (χ2v) is 6.00. The van der Waals surface area contributed by atoms with E-state index in [1.807, 2.05) is 18.2 Å². The second-order valence-electron chi connectivity index (χ2n) is 5.67. The van der Waals surface area contributed by atoms with Gasteiger partial charge >= 0.3 is 0 Å². The molecule has 0 aliphatic carbocycles. The van der Waals surface area contributed by atoms with Gasteiger partial charge in [0.1, 0.15) is 29.8 Å². The van der Waals surface area contributed by atoms with Crippen molar-refractivity contribution < 1.29 is 18.6 Å². The molecule has 8 nitrogen and oxygen atoms in total. The summed E-state index contributed by atoms with van der Waals surface area (Å²) in [5.74, 6) is 1.75. The maximum atomic E-state index is 6.09. The standard InChI is InChI=1S/C17H17ClN4O4/c18-17-21-14-13(15(22-17)20-8-11-2-1-5-24-11)3-4-19-16(14)26-10-12-9-23-6-7-25-12/h1-5,12H,6-10H2,(H,20,21,22). The minimum atomic E-state index is -0.130. The van der Waals surface area contributed by atoms with E-state index in [0.29, 0.717) is 50.2 Å². The lowest BCUT2D eigenvalue weighted by molar-refractivity contribution is -0.101. The summed E-state index contributed by atoms with van der Waals surface area (Å²) in [6.45, 7) is 2.46. The number of pyridine rings is 1. The Labute approximate surface area is 154 Å². The Morgan fingerprint density at radius 3 is 3.04 bits per heavy atom. The van der Waals surface area contributed by atoms with Crippen LogP contribution in [0.1, 0.15) is 5.76 Å². The van der Waals surface area contributed by atoms with Crippen LogP contribution in [0, 0.1) is 0 Å². The lowest BCUT2D eigenvalue weighted by atomic mass is 10.2. The molecule has 0 aromatic carbocycles. The van der Waals surface area contributed by atoms with Gasteiger partial charge in [0, 0.05) is 11.6 Å². The Balaban J connectivity index is 1.56. The van der Waals surface area contributed by atoms with Crippen molar-refractivity contribution in [3.8, 4) is 5.88 Å². The molecule has 3 aromatic rings. The minimum Gasteiger partial charge on any atom is -0.473 e. The molecule has 4 rings (SSSR count). The number of ether oxygens (including phenoxy) is 3. The quantitative estimate of drug-likeness (QED) is 0.656. The van der Waals surface area contributed by atoms with Gasteiger partial charge in [-0.15, -0.1) is 0 Å². The van der Waals surface area contributed by atoms with Gasteiger partial charge in [-0.3, -0.25) is 0 Å². The predicted octanol–water partition coefficient (Wildman–Crippen LogP) is 2.68. The molecule has 0 radical (unpaired) electrons. The molecule has 3 aromatic heterocycles. The van der Waals surface area contributed by atoms with Crippen LogP contribution in [-0.2, 0) is 16.0 Å². The fourth-order valence-corrected chi connectivity index (χ4v) is 2.80. The van der Waals surface area contributed by atoms with Crippen LogP contribution in [-0.4, -0.2) is 47.5 Å². The average Bonchev–Trinajstić information content (AvgIpc) is 3.19. The van der Waals surface area contributed by atoms with Crippen molar-refractivity contribution in [3.63, 3.8) is 0 Å². The third kappa shape index (κ3) is 3.87. The first-order valence-electron chi connectivity index (χ1n) is 8.20. The first kappa shape index (κ1) is 17.0. The third-order valence-corrected chi connectivity index (χ3v) is 4.02.